The van der Waals surface area contributed by atoms with E-state index in [0.29, 0.717) is 5.56 Å². The summed E-state index contributed by atoms with van der Waals surface area (Å²) in [7, 11) is 0. The summed E-state index contributed by atoms with van der Waals surface area (Å²) in [6.45, 7) is 2.62. The molecule has 1 aliphatic rings. The third-order valence-corrected chi connectivity index (χ3v) is 4.06. The number of hydrogen-bond donors (Lipinski definition) is 1. The number of hydrogen-bond acceptors (Lipinski definition) is 3. The van der Waals surface area contributed by atoms with Crippen LogP contribution in [-0.2, 0) is 0 Å². The second kappa shape index (κ2) is 4.55. The summed E-state index contributed by atoms with van der Waals surface area (Å²) in [6, 6.07) is 9.39. The predicted molar refractivity (Wildman–Crippen MR) is 79.9 cm³/mol. The number of nitrogens with zero attached hydrogens (tertiary/aromatic N) is 3. The molecule has 0 spiro atoms. The van der Waals surface area contributed by atoms with Crippen molar-refractivity contribution in [1.82, 2.24) is 14.8 Å². The van der Waals surface area contributed by atoms with Crippen LogP contribution in [0.15, 0.2) is 36.5 Å². The zero-order valence-electron chi connectivity index (χ0n) is 11.7. The summed E-state index contributed by atoms with van der Waals surface area (Å²) >= 11 is 0. The monoisotopic (exact) mass is 282 g/mol. The van der Waals surface area contributed by atoms with Crippen molar-refractivity contribution >= 4 is 16.9 Å². The lowest BCUT2D eigenvalue weighted by Crippen LogP contribution is -2.24. The van der Waals surface area contributed by atoms with Crippen molar-refractivity contribution < 1.29 is 4.39 Å². The lowest BCUT2D eigenvalue weighted by atomic mass is 10.0. The fourth-order valence-electron chi connectivity index (χ4n) is 2.91. The van der Waals surface area contributed by atoms with Gasteiger partial charge in [0.2, 0.25) is 0 Å². The quantitative estimate of drug-likeness (QED) is 0.745. The molecule has 106 valence electrons. The van der Waals surface area contributed by atoms with Crippen LogP contribution in [0.1, 0.15) is 23.6 Å². The molecule has 0 saturated carbocycles. The molecule has 0 bridgehead atoms. The van der Waals surface area contributed by atoms with E-state index in [9.17, 15) is 4.39 Å². The first-order chi connectivity index (χ1) is 10.2. The largest absolute Gasteiger partial charge is 0.370 e. The molecule has 0 aliphatic carbocycles. The Morgan fingerprint density at radius 1 is 1.33 bits per heavy atom. The second-order valence-electron chi connectivity index (χ2n) is 5.41. The molecule has 1 unspecified atom stereocenters. The van der Waals surface area contributed by atoms with Gasteiger partial charge in [0.15, 0.2) is 5.65 Å². The third-order valence-electron chi connectivity index (χ3n) is 4.06. The number of halogens is 1. The highest BCUT2D eigenvalue weighted by atomic mass is 19.1. The number of nitrogens with one attached hydrogen (secondary N) is 1. The Kier molecular flexibility index (Phi) is 2.67. The smallest absolute Gasteiger partial charge is 0.183 e. The topological polar surface area (TPSA) is 42.7 Å². The van der Waals surface area contributed by atoms with Crippen molar-refractivity contribution in [2.45, 2.75) is 19.4 Å². The van der Waals surface area contributed by atoms with Gasteiger partial charge in [0, 0.05) is 12.7 Å². The fourth-order valence-corrected chi connectivity index (χ4v) is 2.91. The van der Waals surface area contributed by atoms with Crippen LogP contribution >= 0.6 is 0 Å². The maximum absolute atomic E-state index is 13.9. The van der Waals surface area contributed by atoms with Gasteiger partial charge in [-0.05, 0) is 42.7 Å². The molecule has 0 saturated heterocycles. The fraction of sp³-hybridized carbons (Fsp3) is 0.250. The minimum absolute atomic E-state index is 0.0468. The van der Waals surface area contributed by atoms with E-state index < -0.39 is 0 Å². The Morgan fingerprint density at radius 2 is 2.24 bits per heavy atom. The lowest BCUT2D eigenvalue weighted by Gasteiger charge is -2.26. The van der Waals surface area contributed by atoms with E-state index >= 15 is 0 Å². The number of aromatic nitrogens is 3. The molecule has 1 N–H and O–H groups in total. The van der Waals surface area contributed by atoms with Crippen LogP contribution < -0.4 is 5.32 Å². The summed E-state index contributed by atoms with van der Waals surface area (Å²) in [4.78, 5) is 4.30. The molecule has 1 atom stereocenters. The highest BCUT2D eigenvalue weighted by Gasteiger charge is 2.25. The molecular formula is C16H15FN4. The molecule has 21 heavy (non-hydrogen) atoms. The van der Waals surface area contributed by atoms with Crippen molar-refractivity contribution in [3.05, 3.63) is 53.5 Å². The summed E-state index contributed by atoms with van der Waals surface area (Å²) in [6.07, 6.45) is 2.62. The van der Waals surface area contributed by atoms with Gasteiger partial charge in [-0.1, -0.05) is 12.1 Å². The zero-order valence-corrected chi connectivity index (χ0v) is 11.7. The maximum Gasteiger partial charge on any atom is 0.183 e. The maximum atomic E-state index is 13.9. The summed E-state index contributed by atoms with van der Waals surface area (Å²) < 4.78 is 15.8. The first-order valence-corrected chi connectivity index (χ1v) is 7.07. The molecule has 0 radical (unpaired) electrons. The van der Waals surface area contributed by atoms with Crippen LogP contribution in [0.2, 0.25) is 0 Å². The SMILES string of the molecule is Cc1ccc(C2CCNc3c4cccnc4nn32)cc1F. The summed E-state index contributed by atoms with van der Waals surface area (Å²) in [5, 5.41) is 8.97. The Morgan fingerprint density at radius 3 is 3.10 bits per heavy atom. The van der Waals surface area contributed by atoms with Crippen molar-refractivity contribution in [1.29, 1.82) is 0 Å². The summed E-state index contributed by atoms with van der Waals surface area (Å²) in [5.41, 5.74) is 2.34. The van der Waals surface area contributed by atoms with Gasteiger partial charge in [0.05, 0.1) is 11.4 Å². The van der Waals surface area contributed by atoms with Gasteiger partial charge in [0.25, 0.3) is 0 Å². The standard InChI is InChI=1S/C16H15FN4/c1-10-4-5-11(9-13(10)17)14-6-8-19-16-12-3-2-7-18-15(12)20-21(14)16/h2-5,7,9,14,19H,6,8H2,1H3. The zero-order chi connectivity index (χ0) is 14.4. The minimum atomic E-state index is -0.164. The highest BCUT2D eigenvalue weighted by Crippen LogP contribution is 2.34. The van der Waals surface area contributed by atoms with Crippen LogP contribution in [0.5, 0.6) is 0 Å². The average molecular weight is 282 g/mol. The van der Waals surface area contributed by atoms with Crippen molar-refractivity contribution in [3.8, 4) is 0 Å². The number of rotatable bonds is 1. The number of benzene rings is 1. The summed E-state index contributed by atoms with van der Waals surface area (Å²) in [5.74, 6) is 0.803. The molecule has 4 rings (SSSR count). The van der Waals surface area contributed by atoms with Crippen molar-refractivity contribution in [2.24, 2.45) is 0 Å². The van der Waals surface area contributed by atoms with Crippen LogP contribution in [0.3, 0.4) is 0 Å². The number of aryl methyl sites for hydroxylation is 1. The predicted octanol–water partition coefficient (Wildman–Crippen LogP) is 3.28. The average Bonchev–Trinajstić information content (AvgIpc) is 2.89. The molecular weight excluding hydrogens is 267 g/mol. The Hall–Kier alpha value is -2.43. The van der Waals surface area contributed by atoms with Gasteiger partial charge < -0.3 is 5.32 Å². The van der Waals surface area contributed by atoms with Gasteiger partial charge in [-0.2, -0.15) is 0 Å². The van der Waals surface area contributed by atoms with Gasteiger partial charge in [-0.3, -0.25) is 0 Å². The second-order valence-corrected chi connectivity index (χ2v) is 5.41. The van der Waals surface area contributed by atoms with E-state index in [1.54, 1.807) is 19.2 Å². The number of pyridine rings is 1. The van der Waals surface area contributed by atoms with Crippen LogP contribution in [0.4, 0.5) is 10.2 Å². The van der Waals surface area contributed by atoms with Gasteiger partial charge in [-0.15, -0.1) is 5.10 Å². The lowest BCUT2D eigenvalue weighted by molar-refractivity contribution is 0.481. The van der Waals surface area contributed by atoms with E-state index in [-0.39, 0.29) is 11.9 Å². The molecule has 5 heteroatoms. The van der Waals surface area contributed by atoms with Gasteiger partial charge in [0.1, 0.15) is 11.6 Å². The molecule has 1 aromatic carbocycles. The molecule has 4 nitrogen and oxygen atoms in total. The first kappa shape index (κ1) is 12.3. The molecule has 3 aromatic rings. The van der Waals surface area contributed by atoms with Crippen LogP contribution in [-0.4, -0.2) is 21.3 Å². The van der Waals surface area contributed by atoms with E-state index in [2.05, 4.69) is 15.4 Å². The first-order valence-electron chi connectivity index (χ1n) is 7.07. The van der Waals surface area contributed by atoms with Gasteiger partial charge in [-0.25, -0.2) is 14.1 Å². The van der Waals surface area contributed by atoms with E-state index in [0.717, 1.165) is 35.4 Å². The highest BCUT2D eigenvalue weighted by molar-refractivity contribution is 5.87. The molecule has 0 fully saturated rings. The minimum Gasteiger partial charge on any atom is -0.370 e. The van der Waals surface area contributed by atoms with Crippen LogP contribution in [0.25, 0.3) is 11.0 Å². The Labute approximate surface area is 121 Å². The third kappa shape index (κ3) is 1.88. The van der Waals surface area contributed by atoms with Crippen LogP contribution in [0, 0.1) is 12.7 Å². The molecule has 1 aliphatic heterocycles. The Bertz CT molecular complexity index is 824. The number of fused-ring (bicyclic) bond motifs is 3. The number of anilines is 1. The van der Waals surface area contributed by atoms with E-state index in [1.807, 2.05) is 28.9 Å². The molecule has 0 amide bonds. The van der Waals surface area contributed by atoms with E-state index in [4.69, 9.17) is 0 Å². The normalized spacial score (nSPS) is 17.5. The van der Waals surface area contributed by atoms with Crippen molar-refractivity contribution in [2.75, 3.05) is 11.9 Å². The van der Waals surface area contributed by atoms with Crippen molar-refractivity contribution in [3.63, 3.8) is 0 Å². The van der Waals surface area contributed by atoms with Gasteiger partial charge >= 0.3 is 0 Å². The molecule has 3 heterocycles. The Balaban J connectivity index is 1.88. The van der Waals surface area contributed by atoms with E-state index in [1.165, 1.54) is 0 Å². The molecule has 2 aromatic heterocycles.